The smallest absolute Gasteiger partial charge is 0.200 e. The van der Waals surface area contributed by atoms with Crippen LogP contribution < -0.4 is 0 Å². The number of halogens is 2. The molecule has 0 radical (unpaired) electrons. The molecule has 4 nitrogen and oxygen atoms in total. The van der Waals surface area contributed by atoms with Crippen molar-refractivity contribution in [1.29, 1.82) is 0 Å². The molecular weight excluding hydrogens is 415 g/mol. The van der Waals surface area contributed by atoms with Crippen LogP contribution in [0.25, 0.3) is 0 Å². The van der Waals surface area contributed by atoms with Gasteiger partial charge in [0.05, 0.1) is 17.2 Å². The Bertz CT molecular complexity index is 1130. The Balaban J connectivity index is 1.79. The van der Waals surface area contributed by atoms with Crippen LogP contribution in [0.3, 0.4) is 0 Å². The standard InChI is InChI=1S/C21H16Cl2N2O2S/c22-17-11-9-16(10-12-17)21-20(15-5-2-1-3-6-15)14-25(24-21)28(26,27)19-8-4-7-18(23)13-19/h1-13,20H,14H2. The van der Waals surface area contributed by atoms with Crippen molar-refractivity contribution in [2.24, 2.45) is 5.10 Å². The predicted octanol–water partition coefficient (Wildman–Crippen LogP) is 5.19. The molecule has 1 aliphatic rings. The van der Waals surface area contributed by atoms with Crippen molar-refractivity contribution in [3.8, 4) is 0 Å². The van der Waals surface area contributed by atoms with Crippen molar-refractivity contribution in [2.45, 2.75) is 10.8 Å². The van der Waals surface area contributed by atoms with Crippen LogP contribution in [-0.2, 0) is 10.0 Å². The fraction of sp³-hybridized carbons (Fsp3) is 0.0952. The molecule has 1 heterocycles. The quantitative estimate of drug-likeness (QED) is 0.571. The topological polar surface area (TPSA) is 49.7 Å². The molecule has 0 N–H and O–H groups in total. The Hall–Kier alpha value is -2.34. The molecule has 0 saturated heterocycles. The summed E-state index contributed by atoms with van der Waals surface area (Å²) < 4.78 is 27.4. The molecule has 0 bridgehead atoms. The third-order valence-corrected chi connectivity index (χ3v) is 6.72. The number of benzene rings is 3. The van der Waals surface area contributed by atoms with Crippen molar-refractivity contribution in [3.63, 3.8) is 0 Å². The summed E-state index contributed by atoms with van der Waals surface area (Å²) in [5.74, 6) is -0.184. The lowest BCUT2D eigenvalue weighted by molar-refractivity contribution is 0.451. The van der Waals surface area contributed by atoms with Crippen LogP contribution in [0, 0.1) is 0 Å². The third kappa shape index (κ3) is 3.65. The van der Waals surface area contributed by atoms with Gasteiger partial charge >= 0.3 is 0 Å². The largest absolute Gasteiger partial charge is 0.279 e. The molecule has 1 aliphatic heterocycles. The molecule has 0 aromatic heterocycles. The Kier molecular flexibility index (Phi) is 5.15. The Morgan fingerprint density at radius 1 is 0.857 bits per heavy atom. The van der Waals surface area contributed by atoms with Crippen LogP contribution in [0.1, 0.15) is 17.0 Å². The van der Waals surface area contributed by atoms with Gasteiger partial charge in [0.25, 0.3) is 10.0 Å². The zero-order chi connectivity index (χ0) is 19.7. The van der Waals surface area contributed by atoms with Crippen molar-refractivity contribution in [3.05, 3.63) is 100 Å². The minimum atomic E-state index is -3.82. The summed E-state index contributed by atoms with van der Waals surface area (Å²) >= 11 is 12.0. The van der Waals surface area contributed by atoms with Gasteiger partial charge in [0.15, 0.2) is 0 Å². The average molecular weight is 431 g/mol. The molecule has 1 unspecified atom stereocenters. The minimum Gasteiger partial charge on any atom is -0.200 e. The van der Waals surface area contributed by atoms with E-state index in [4.69, 9.17) is 23.2 Å². The van der Waals surface area contributed by atoms with Crippen LogP contribution in [0.2, 0.25) is 10.0 Å². The fourth-order valence-electron chi connectivity index (χ4n) is 3.20. The predicted molar refractivity (Wildman–Crippen MR) is 113 cm³/mol. The summed E-state index contributed by atoms with van der Waals surface area (Å²) in [6, 6.07) is 23.2. The van der Waals surface area contributed by atoms with Crippen LogP contribution >= 0.6 is 23.2 Å². The van der Waals surface area contributed by atoms with Gasteiger partial charge in [-0.15, -0.1) is 0 Å². The molecule has 4 rings (SSSR count). The van der Waals surface area contributed by atoms with Crippen molar-refractivity contribution in [1.82, 2.24) is 4.41 Å². The molecule has 3 aromatic rings. The summed E-state index contributed by atoms with van der Waals surface area (Å²) in [6.07, 6.45) is 0. The van der Waals surface area contributed by atoms with Crippen LogP contribution in [-0.4, -0.2) is 25.1 Å². The van der Waals surface area contributed by atoms with Crippen molar-refractivity contribution < 1.29 is 8.42 Å². The maximum atomic E-state index is 13.1. The maximum Gasteiger partial charge on any atom is 0.279 e. The Labute approximate surface area is 174 Å². The fourth-order valence-corrected chi connectivity index (χ4v) is 4.89. The van der Waals surface area contributed by atoms with Gasteiger partial charge in [-0.2, -0.15) is 17.9 Å². The lowest BCUT2D eigenvalue weighted by Gasteiger charge is -2.17. The molecular formula is C21H16Cl2N2O2S. The minimum absolute atomic E-state index is 0.118. The van der Waals surface area contributed by atoms with E-state index in [2.05, 4.69) is 5.10 Å². The van der Waals surface area contributed by atoms with Crippen LogP contribution in [0.15, 0.2) is 88.9 Å². The number of rotatable bonds is 4. The third-order valence-electron chi connectivity index (χ3n) is 4.60. The first-order valence-corrected chi connectivity index (χ1v) is 10.8. The van der Waals surface area contributed by atoms with Gasteiger partial charge in [-0.05, 0) is 41.5 Å². The first-order valence-electron chi connectivity index (χ1n) is 8.63. The highest BCUT2D eigenvalue weighted by atomic mass is 35.5. The van der Waals surface area contributed by atoms with Gasteiger partial charge < -0.3 is 0 Å². The molecule has 0 saturated carbocycles. The first-order chi connectivity index (χ1) is 13.4. The van der Waals surface area contributed by atoms with E-state index in [1.54, 1.807) is 24.3 Å². The van der Waals surface area contributed by atoms with Gasteiger partial charge in [-0.25, -0.2) is 0 Å². The van der Waals surface area contributed by atoms with E-state index in [-0.39, 0.29) is 17.4 Å². The number of hydrogen-bond donors (Lipinski definition) is 0. The van der Waals surface area contributed by atoms with Gasteiger partial charge in [-0.3, -0.25) is 0 Å². The lowest BCUT2D eigenvalue weighted by atomic mass is 9.91. The van der Waals surface area contributed by atoms with Gasteiger partial charge in [0.2, 0.25) is 0 Å². The van der Waals surface area contributed by atoms with Crippen LogP contribution in [0.4, 0.5) is 0 Å². The molecule has 0 amide bonds. The van der Waals surface area contributed by atoms with Gasteiger partial charge in [0.1, 0.15) is 0 Å². The van der Waals surface area contributed by atoms with Crippen LogP contribution in [0.5, 0.6) is 0 Å². The lowest BCUT2D eigenvalue weighted by Crippen LogP contribution is -2.26. The average Bonchev–Trinajstić information content (AvgIpc) is 3.15. The summed E-state index contributed by atoms with van der Waals surface area (Å²) in [5, 5.41) is 5.48. The van der Waals surface area contributed by atoms with E-state index in [9.17, 15) is 8.42 Å². The summed E-state index contributed by atoms with van der Waals surface area (Å²) in [7, 11) is -3.82. The molecule has 1 atom stereocenters. The molecule has 3 aromatic carbocycles. The van der Waals surface area contributed by atoms with E-state index in [0.717, 1.165) is 15.5 Å². The highest BCUT2D eigenvalue weighted by Crippen LogP contribution is 2.33. The van der Waals surface area contributed by atoms with E-state index < -0.39 is 10.0 Å². The highest BCUT2D eigenvalue weighted by molar-refractivity contribution is 7.89. The number of hydrazone groups is 1. The molecule has 0 fully saturated rings. The normalized spacial score (nSPS) is 16.9. The molecule has 142 valence electrons. The SMILES string of the molecule is O=S(=O)(c1cccc(Cl)c1)N1CC(c2ccccc2)C(c2ccc(Cl)cc2)=N1. The second-order valence-corrected chi connectivity index (χ2v) is 9.14. The van der Waals surface area contributed by atoms with E-state index in [1.165, 1.54) is 12.1 Å². The number of nitrogens with zero attached hydrogens (tertiary/aromatic N) is 2. The van der Waals surface area contributed by atoms with E-state index in [1.807, 2.05) is 42.5 Å². The second kappa shape index (κ2) is 7.59. The maximum absolute atomic E-state index is 13.1. The summed E-state index contributed by atoms with van der Waals surface area (Å²) in [6.45, 7) is 0.219. The van der Waals surface area contributed by atoms with Crippen molar-refractivity contribution >= 4 is 38.9 Å². The molecule has 0 aliphatic carbocycles. The Morgan fingerprint density at radius 3 is 2.25 bits per heavy atom. The highest BCUT2D eigenvalue weighted by Gasteiger charge is 2.36. The molecule has 0 spiro atoms. The van der Waals surface area contributed by atoms with Crippen molar-refractivity contribution in [2.75, 3.05) is 6.54 Å². The number of sulfonamides is 1. The monoisotopic (exact) mass is 430 g/mol. The summed E-state index contributed by atoms with van der Waals surface area (Å²) in [5.41, 5.74) is 2.52. The zero-order valence-corrected chi connectivity index (χ0v) is 17.0. The van der Waals surface area contributed by atoms with E-state index in [0.29, 0.717) is 15.8 Å². The number of hydrogen-bond acceptors (Lipinski definition) is 3. The Morgan fingerprint density at radius 2 is 1.57 bits per heavy atom. The van der Waals surface area contributed by atoms with Gasteiger partial charge in [0, 0.05) is 16.0 Å². The summed E-state index contributed by atoms with van der Waals surface area (Å²) in [4.78, 5) is 0.118. The molecule has 28 heavy (non-hydrogen) atoms. The van der Waals surface area contributed by atoms with Gasteiger partial charge in [-0.1, -0.05) is 71.7 Å². The van der Waals surface area contributed by atoms with E-state index >= 15 is 0 Å². The molecule has 7 heteroatoms. The zero-order valence-electron chi connectivity index (χ0n) is 14.7. The second-order valence-electron chi connectivity index (χ2n) is 6.42. The first kappa shape index (κ1) is 19.0.